The zero-order chi connectivity index (χ0) is 17.5. The van der Waals surface area contributed by atoms with Crippen LogP contribution in [-0.4, -0.2) is 43.7 Å². The molecule has 0 aliphatic heterocycles. The van der Waals surface area contributed by atoms with Gasteiger partial charge >= 0.3 is 5.97 Å². The molecule has 0 saturated carbocycles. The molecule has 128 valence electrons. The first-order chi connectivity index (χ1) is 10.8. The maximum atomic E-state index is 11.3. The van der Waals surface area contributed by atoms with Crippen LogP contribution in [0, 0.1) is 11.3 Å². The maximum absolute atomic E-state index is 11.3. The summed E-state index contributed by atoms with van der Waals surface area (Å²) in [6.45, 7) is 7.18. The lowest BCUT2D eigenvalue weighted by atomic mass is 9.81. The molecule has 1 atom stereocenters. The van der Waals surface area contributed by atoms with E-state index < -0.39 is 11.9 Å². The number of rotatable bonds is 8. The molecule has 0 aliphatic carbocycles. The van der Waals surface area contributed by atoms with Crippen molar-refractivity contribution in [2.24, 2.45) is 22.1 Å². The van der Waals surface area contributed by atoms with Gasteiger partial charge in [0.1, 0.15) is 18.2 Å². The number of likely N-dealkylation sites (N-methyl/N-ethyl adjacent to an activating group) is 1. The summed E-state index contributed by atoms with van der Waals surface area (Å²) in [5.74, 6) is -0.331. The quantitative estimate of drug-likeness (QED) is 0.385. The largest absolute Gasteiger partial charge is 0.493 e. The Morgan fingerprint density at radius 2 is 1.96 bits per heavy atom. The van der Waals surface area contributed by atoms with Crippen molar-refractivity contribution in [1.29, 1.82) is 0 Å². The van der Waals surface area contributed by atoms with Gasteiger partial charge in [-0.2, -0.15) is 0 Å². The Morgan fingerprint density at radius 3 is 2.43 bits per heavy atom. The van der Waals surface area contributed by atoms with Crippen LogP contribution in [0.5, 0.6) is 5.75 Å². The number of aliphatic carboxylic acids is 1. The average molecular weight is 321 g/mol. The topological polar surface area (TPSA) is 96.9 Å². The van der Waals surface area contributed by atoms with E-state index in [1.165, 1.54) is 0 Å². The number of nitrogens with zero attached hydrogens (tertiary/aromatic N) is 1. The summed E-state index contributed by atoms with van der Waals surface area (Å²) < 4.78 is 5.62. The molecule has 4 N–H and O–H groups in total. The van der Waals surface area contributed by atoms with Crippen LogP contribution in [0.3, 0.4) is 0 Å². The minimum absolute atomic E-state index is 0.129. The lowest BCUT2D eigenvalue weighted by molar-refractivity contribution is -0.146. The van der Waals surface area contributed by atoms with Crippen LogP contribution in [0.15, 0.2) is 29.3 Å². The lowest BCUT2D eigenvalue weighted by Crippen LogP contribution is -2.33. The van der Waals surface area contributed by atoms with Crippen LogP contribution in [0.2, 0.25) is 0 Å². The van der Waals surface area contributed by atoms with Crippen LogP contribution in [-0.2, 0) is 4.79 Å². The summed E-state index contributed by atoms with van der Waals surface area (Å²) in [5.41, 5.74) is 6.36. The van der Waals surface area contributed by atoms with Gasteiger partial charge in [0.25, 0.3) is 0 Å². The van der Waals surface area contributed by atoms with E-state index in [-0.39, 0.29) is 12.0 Å². The third kappa shape index (κ3) is 6.28. The highest BCUT2D eigenvalue weighted by molar-refractivity contribution is 5.97. The zero-order valence-electron chi connectivity index (χ0n) is 14.3. The van der Waals surface area contributed by atoms with Gasteiger partial charge in [-0.1, -0.05) is 20.8 Å². The molecule has 1 rings (SSSR count). The third-order valence-corrected chi connectivity index (χ3v) is 3.55. The van der Waals surface area contributed by atoms with Crippen LogP contribution in [0.25, 0.3) is 0 Å². The third-order valence-electron chi connectivity index (χ3n) is 3.55. The van der Waals surface area contributed by atoms with Crippen molar-refractivity contribution < 1.29 is 14.6 Å². The molecule has 0 aliphatic rings. The van der Waals surface area contributed by atoms with Crippen molar-refractivity contribution >= 4 is 11.8 Å². The fraction of sp³-hybridized carbons (Fsp3) is 0.529. The molecule has 1 aromatic rings. The Morgan fingerprint density at radius 1 is 1.35 bits per heavy atom. The van der Waals surface area contributed by atoms with Gasteiger partial charge in [-0.05, 0) is 36.7 Å². The molecule has 1 aromatic carbocycles. The van der Waals surface area contributed by atoms with Crippen molar-refractivity contribution in [3.05, 3.63) is 29.8 Å². The van der Waals surface area contributed by atoms with Crippen LogP contribution in [0.4, 0.5) is 0 Å². The zero-order valence-corrected chi connectivity index (χ0v) is 14.3. The molecule has 0 fully saturated rings. The average Bonchev–Trinajstić information content (AvgIpc) is 2.46. The van der Waals surface area contributed by atoms with E-state index in [4.69, 9.17) is 10.5 Å². The Balaban J connectivity index is 2.67. The number of carboxylic acid groups (broad SMARTS) is 1. The number of nitrogens with one attached hydrogen (secondary N) is 1. The van der Waals surface area contributed by atoms with Gasteiger partial charge < -0.3 is 20.9 Å². The molecule has 23 heavy (non-hydrogen) atoms. The Hall–Kier alpha value is -2.08. The van der Waals surface area contributed by atoms with E-state index >= 15 is 0 Å². The molecule has 0 heterocycles. The normalized spacial score (nSPS) is 13.7. The standard InChI is InChI=1S/C17H27N3O3/c1-17(2,3)14(16(21)22)11-23-13-7-5-12(6-8-13)15(18)20-10-9-19-4/h5-8,14,19H,9-11H2,1-4H3,(H2,18,20)(H,21,22)/t14-/m0/s1. The summed E-state index contributed by atoms with van der Waals surface area (Å²) in [6.07, 6.45) is 0. The second-order valence-corrected chi connectivity index (χ2v) is 6.46. The smallest absolute Gasteiger partial charge is 0.310 e. The Kier molecular flexibility index (Phi) is 7.03. The number of amidine groups is 1. The number of aliphatic imine (C=N–C) groups is 1. The number of benzene rings is 1. The highest BCUT2D eigenvalue weighted by atomic mass is 16.5. The second-order valence-electron chi connectivity index (χ2n) is 6.46. The van der Waals surface area contributed by atoms with Gasteiger partial charge in [-0.15, -0.1) is 0 Å². The van der Waals surface area contributed by atoms with E-state index in [9.17, 15) is 9.90 Å². The first-order valence-corrected chi connectivity index (χ1v) is 7.66. The highest BCUT2D eigenvalue weighted by Crippen LogP contribution is 2.27. The molecule has 0 unspecified atom stereocenters. The van der Waals surface area contributed by atoms with Gasteiger partial charge in [-0.25, -0.2) is 0 Å². The Labute approximate surface area is 137 Å². The molecular weight excluding hydrogens is 294 g/mol. The van der Waals surface area contributed by atoms with Crippen molar-refractivity contribution in [3.63, 3.8) is 0 Å². The molecule has 0 saturated heterocycles. The number of carbonyl (C=O) groups is 1. The molecular formula is C17H27N3O3. The van der Waals surface area contributed by atoms with Crippen LogP contribution < -0.4 is 15.8 Å². The van der Waals surface area contributed by atoms with Crippen molar-refractivity contribution in [3.8, 4) is 5.75 Å². The molecule has 6 nitrogen and oxygen atoms in total. The molecule has 0 radical (unpaired) electrons. The summed E-state index contributed by atoms with van der Waals surface area (Å²) in [4.78, 5) is 15.6. The van der Waals surface area contributed by atoms with Gasteiger partial charge in [0.05, 0.1) is 12.5 Å². The molecule has 0 amide bonds. The molecule has 0 spiro atoms. The summed E-state index contributed by atoms with van der Waals surface area (Å²) in [6, 6.07) is 7.19. The minimum atomic E-state index is -0.852. The number of hydrogen-bond acceptors (Lipinski definition) is 4. The first kappa shape index (κ1) is 19.0. The number of hydrogen-bond donors (Lipinski definition) is 3. The van der Waals surface area contributed by atoms with E-state index in [1.54, 1.807) is 12.1 Å². The first-order valence-electron chi connectivity index (χ1n) is 7.66. The SMILES string of the molecule is CNCCN=C(N)c1ccc(OC[C@@H](C(=O)O)C(C)(C)C)cc1. The van der Waals surface area contributed by atoms with E-state index in [1.807, 2.05) is 40.0 Å². The highest BCUT2D eigenvalue weighted by Gasteiger charge is 2.31. The van der Waals surface area contributed by atoms with E-state index in [2.05, 4.69) is 10.3 Å². The molecule has 6 heteroatoms. The lowest BCUT2D eigenvalue weighted by Gasteiger charge is -2.26. The summed E-state index contributed by atoms with van der Waals surface area (Å²) in [7, 11) is 1.86. The van der Waals surface area contributed by atoms with Crippen LogP contribution in [0.1, 0.15) is 26.3 Å². The van der Waals surface area contributed by atoms with Crippen molar-refractivity contribution in [2.45, 2.75) is 20.8 Å². The van der Waals surface area contributed by atoms with E-state index in [0.717, 1.165) is 12.1 Å². The molecule has 0 bridgehead atoms. The van der Waals surface area contributed by atoms with Gasteiger partial charge in [0.2, 0.25) is 0 Å². The van der Waals surface area contributed by atoms with Gasteiger partial charge in [-0.3, -0.25) is 9.79 Å². The van der Waals surface area contributed by atoms with Crippen molar-refractivity contribution in [1.82, 2.24) is 5.32 Å². The number of nitrogens with two attached hydrogens (primary N) is 1. The minimum Gasteiger partial charge on any atom is -0.493 e. The van der Waals surface area contributed by atoms with Crippen LogP contribution >= 0.6 is 0 Å². The summed E-state index contributed by atoms with van der Waals surface area (Å²) >= 11 is 0. The van der Waals surface area contributed by atoms with Gasteiger partial charge in [0.15, 0.2) is 0 Å². The predicted octanol–water partition coefficient (Wildman–Crippen LogP) is 1.74. The maximum Gasteiger partial charge on any atom is 0.310 e. The predicted molar refractivity (Wildman–Crippen MR) is 92.0 cm³/mol. The van der Waals surface area contributed by atoms with E-state index in [0.29, 0.717) is 18.1 Å². The fourth-order valence-electron chi connectivity index (χ4n) is 1.97. The van der Waals surface area contributed by atoms with Crippen molar-refractivity contribution in [2.75, 3.05) is 26.7 Å². The fourth-order valence-corrected chi connectivity index (χ4v) is 1.97. The Bertz CT molecular complexity index is 533. The second kappa shape index (κ2) is 8.53. The van der Waals surface area contributed by atoms with Gasteiger partial charge in [0, 0.05) is 12.1 Å². The monoisotopic (exact) mass is 321 g/mol. The number of carboxylic acids is 1. The summed E-state index contributed by atoms with van der Waals surface area (Å²) in [5, 5.41) is 12.3. The molecule has 0 aromatic heterocycles. The number of ether oxygens (including phenoxy) is 1.